The standard InChI is InChI=1S/C14H11NO5S/c16-14(17)8-7-10-5-6-11(21-10)9-20-13-4-2-1-3-12(13)15(18)19/h1-8H,9H2,(H,16,17). The van der Waals surface area contributed by atoms with Crippen molar-refractivity contribution in [2.45, 2.75) is 6.61 Å². The molecule has 2 aromatic rings. The Balaban J connectivity index is 2.04. The summed E-state index contributed by atoms with van der Waals surface area (Å²) in [4.78, 5) is 22.4. The lowest BCUT2D eigenvalue weighted by Crippen LogP contribution is -1.97. The minimum atomic E-state index is -1.01. The van der Waals surface area contributed by atoms with Crippen LogP contribution in [0.5, 0.6) is 5.75 Å². The van der Waals surface area contributed by atoms with Gasteiger partial charge >= 0.3 is 11.7 Å². The molecule has 0 saturated heterocycles. The van der Waals surface area contributed by atoms with Gasteiger partial charge in [0.1, 0.15) is 6.61 Å². The highest BCUT2D eigenvalue weighted by Crippen LogP contribution is 2.27. The van der Waals surface area contributed by atoms with Gasteiger partial charge in [-0.2, -0.15) is 0 Å². The lowest BCUT2D eigenvalue weighted by atomic mass is 10.3. The Bertz CT molecular complexity index is 692. The Labute approximate surface area is 124 Å². The van der Waals surface area contributed by atoms with Crippen LogP contribution in [-0.2, 0) is 11.4 Å². The van der Waals surface area contributed by atoms with Crippen molar-refractivity contribution in [1.29, 1.82) is 0 Å². The van der Waals surface area contributed by atoms with Gasteiger partial charge in [-0.3, -0.25) is 10.1 Å². The van der Waals surface area contributed by atoms with E-state index in [4.69, 9.17) is 9.84 Å². The van der Waals surface area contributed by atoms with Crippen molar-refractivity contribution < 1.29 is 19.6 Å². The molecule has 0 radical (unpaired) electrons. The van der Waals surface area contributed by atoms with Crippen molar-refractivity contribution in [2.75, 3.05) is 0 Å². The predicted octanol–water partition coefficient (Wildman–Crippen LogP) is 3.33. The average molecular weight is 305 g/mol. The van der Waals surface area contributed by atoms with E-state index in [1.165, 1.54) is 29.5 Å². The van der Waals surface area contributed by atoms with Crippen LogP contribution in [0.25, 0.3) is 6.08 Å². The first kappa shape index (κ1) is 14.7. The molecule has 21 heavy (non-hydrogen) atoms. The summed E-state index contributed by atoms with van der Waals surface area (Å²) >= 11 is 1.36. The third-order valence-corrected chi connectivity index (χ3v) is 3.53. The zero-order valence-corrected chi connectivity index (χ0v) is 11.6. The van der Waals surface area contributed by atoms with Gasteiger partial charge in [-0.1, -0.05) is 12.1 Å². The fourth-order valence-electron chi connectivity index (χ4n) is 1.59. The fourth-order valence-corrected chi connectivity index (χ4v) is 2.42. The van der Waals surface area contributed by atoms with Gasteiger partial charge in [0.05, 0.1) is 4.92 Å². The van der Waals surface area contributed by atoms with Crippen LogP contribution < -0.4 is 4.74 Å². The number of carbonyl (C=O) groups is 1. The van der Waals surface area contributed by atoms with Gasteiger partial charge in [0.25, 0.3) is 0 Å². The molecular formula is C14H11NO5S. The van der Waals surface area contributed by atoms with Crippen molar-refractivity contribution in [1.82, 2.24) is 0 Å². The first-order valence-corrected chi connectivity index (χ1v) is 6.74. The molecule has 0 spiro atoms. The number of carboxylic acid groups (broad SMARTS) is 1. The second kappa shape index (κ2) is 6.67. The molecule has 1 heterocycles. The van der Waals surface area contributed by atoms with E-state index < -0.39 is 10.9 Å². The van der Waals surface area contributed by atoms with Crippen LogP contribution in [0.3, 0.4) is 0 Å². The van der Waals surface area contributed by atoms with Gasteiger partial charge < -0.3 is 9.84 Å². The van der Waals surface area contributed by atoms with Crippen molar-refractivity contribution in [2.24, 2.45) is 0 Å². The highest BCUT2D eigenvalue weighted by atomic mass is 32.1. The number of nitro groups is 1. The smallest absolute Gasteiger partial charge is 0.328 e. The number of para-hydroxylation sites is 2. The first-order chi connectivity index (χ1) is 10.1. The Hall–Kier alpha value is -2.67. The Morgan fingerprint density at radius 2 is 2.10 bits per heavy atom. The van der Waals surface area contributed by atoms with E-state index in [1.807, 2.05) is 0 Å². The van der Waals surface area contributed by atoms with E-state index in [0.29, 0.717) is 0 Å². The van der Waals surface area contributed by atoms with E-state index in [-0.39, 0.29) is 18.0 Å². The van der Waals surface area contributed by atoms with Crippen LogP contribution in [0.1, 0.15) is 9.75 Å². The largest absolute Gasteiger partial charge is 0.481 e. The molecule has 1 N–H and O–H groups in total. The number of aliphatic carboxylic acids is 1. The highest BCUT2D eigenvalue weighted by molar-refractivity contribution is 7.12. The Morgan fingerprint density at radius 3 is 2.81 bits per heavy atom. The van der Waals surface area contributed by atoms with Crippen LogP contribution >= 0.6 is 11.3 Å². The molecule has 0 unspecified atom stereocenters. The van der Waals surface area contributed by atoms with Gasteiger partial charge in [0.2, 0.25) is 0 Å². The number of hydrogen-bond acceptors (Lipinski definition) is 5. The summed E-state index contributed by atoms with van der Waals surface area (Å²) in [7, 11) is 0. The molecule has 0 bridgehead atoms. The summed E-state index contributed by atoms with van der Waals surface area (Å²) in [5.41, 5.74) is -0.0833. The number of nitro benzene ring substituents is 1. The molecule has 6 nitrogen and oxygen atoms in total. The lowest BCUT2D eigenvalue weighted by molar-refractivity contribution is -0.385. The molecule has 7 heteroatoms. The normalized spacial score (nSPS) is 10.7. The monoisotopic (exact) mass is 305 g/mol. The van der Waals surface area contributed by atoms with Crippen molar-refractivity contribution in [3.63, 3.8) is 0 Å². The van der Waals surface area contributed by atoms with Gasteiger partial charge in [0, 0.05) is 21.9 Å². The molecule has 0 aliphatic heterocycles. The maximum absolute atomic E-state index is 10.8. The zero-order valence-electron chi connectivity index (χ0n) is 10.8. The molecule has 0 saturated carbocycles. The molecule has 0 amide bonds. The molecule has 1 aromatic carbocycles. The highest BCUT2D eigenvalue weighted by Gasteiger charge is 2.13. The summed E-state index contributed by atoms with van der Waals surface area (Å²) in [5.74, 6) is -0.806. The number of rotatable bonds is 6. The molecule has 2 rings (SSSR count). The third-order valence-electron chi connectivity index (χ3n) is 2.50. The zero-order chi connectivity index (χ0) is 15.2. The van der Waals surface area contributed by atoms with Crippen LogP contribution in [0.15, 0.2) is 42.5 Å². The average Bonchev–Trinajstić information content (AvgIpc) is 2.91. The lowest BCUT2D eigenvalue weighted by Gasteiger charge is -2.04. The van der Waals surface area contributed by atoms with Gasteiger partial charge in [0.15, 0.2) is 5.75 Å². The quantitative estimate of drug-likeness (QED) is 0.502. The fraction of sp³-hybridized carbons (Fsp3) is 0.0714. The molecule has 0 fully saturated rings. The Morgan fingerprint density at radius 1 is 1.33 bits per heavy atom. The second-order valence-corrected chi connectivity index (χ2v) is 5.19. The summed E-state index contributed by atoms with van der Waals surface area (Å²) in [6.07, 6.45) is 2.54. The van der Waals surface area contributed by atoms with E-state index in [1.54, 1.807) is 24.3 Å². The molecule has 0 aliphatic carbocycles. The summed E-state index contributed by atoms with van der Waals surface area (Å²) in [5, 5.41) is 19.4. The van der Waals surface area contributed by atoms with Gasteiger partial charge in [-0.05, 0) is 24.3 Å². The molecule has 1 aromatic heterocycles. The number of hydrogen-bond donors (Lipinski definition) is 1. The maximum atomic E-state index is 10.8. The number of benzene rings is 1. The Kier molecular flexibility index (Phi) is 4.68. The molecule has 108 valence electrons. The number of ether oxygens (including phenoxy) is 1. The predicted molar refractivity (Wildman–Crippen MR) is 78.4 cm³/mol. The first-order valence-electron chi connectivity index (χ1n) is 5.92. The van der Waals surface area contributed by atoms with Crippen LogP contribution in [0.4, 0.5) is 5.69 Å². The minimum Gasteiger partial charge on any atom is -0.481 e. The SMILES string of the molecule is O=C(O)C=Cc1ccc(COc2ccccc2[N+](=O)[O-])s1. The van der Waals surface area contributed by atoms with Crippen LogP contribution in [0, 0.1) is 10.1 Å². The topological polar surface area (TPSA) is 89.7 Å². The molecule has 0 aliphatic rings. The third kappa shape index (κ3) is 4.15. The van der Waals surface area contributed by atoms with E-state index >= 15 is 0 Å². The summed E-state index contributed by atoms with van der Waals surface area (Å²) in [6.45, 7) is 0.191. The van der Waals surface area contributed by atoms with E-state index in [9.17, 15) is 14.9 Å². The molecule has 0 atom stereocenters. The van der Waals surface area contributed by atoms with Gasteiger partial charge in [-0.25, -0.2) is 4.79 Å². The van der Waals surface area contributed by atoms with E-state index in [0.717, 1.165) is 15.8 Å². The number of nitrogens with zero attached hydrogens (tertiary/aromatic N) is 1. The van der Waals surface area contributed by atoms with Crippen LogP contribution in [-0.4, -0.2) is 16.0 Å². The summed E-state index contributed by atoms with van der Waals surface area (Å²) < 4.78 is 5.45. The number of thiophene rings is 1. The number of carboxylic acids is 1. The van der Waals surface area contributed by atoms with Crippen molar-refractivity contribution in [3.8, 4) is 5.75 Å². The van der Waals surface area contributed by atoms with Gasteiger partial charge in [-0.15, -0.1) is 11.3 Å². The minimum absolute atomic E-state index is 0.0833. The molecular weight excluding hydrogens is 294 g/mol. The van der Waals surface area contributed by atoms with Crippen LogP contribution in [0.2, 0.25) is 0 Å². The second-order valence-electron chi connectivity index (χ2n) is 3.99. The van der Waals surface area contributed by atoms with E-state index in [2.05, 4.69) is 0 Å². The van der Waals surface area contributed by atoms with Crippen molar-refractivity contribution in [3.05, 3.63) is 62.3 Å². The maximum Gasteiger partial charge on any atom is 0.328 e. The summed E-state index contributed by atoms with van der Waals surface area (Å²) in [6, 6.07) is 9.72. The van der Waals surface area contributed by atoms with Crippen molar-refractivity contribution >= 4 is 29.1 Å².